The number of anilines is 2. The van der Waals surface area contributed by atoms with Crippen LogP contribution in [0.15, 0.2) is 58.5 Å². The Labute approximate surface area is 218 Å². The van der Waals surface area contributed by atoms with Crippen LogP contribution in [0.4, 0.5) is 11.4 Å². The third kappa shape index (κ3) is 4.65. The standard InChI is InChI=1S/C25H26BrClN4S2/c1-15-9-16(2)13-30(12-15)21-7-6-18(11-19(21)27)31-24(22-10-17(26)14-33-22)23(29-25(31)32)20-5-3-4-8-28-20/h3-8,10-11,14-16,23-24H,9,12-13H2,1-2H3,(H,29,32)/t15-,16+,23-,24+/m1/s1. The molecule has 0 saturated carbocycles. The van der Waals surface area contributed by atoms with E-state index in [9.17, 15) is 0 Å². The van der Waals surface area contributed by atoms with Crippen LogP contribution < -0.4 is 15.1 Å². The first kappa shape index (κ1) is 23.1. The van der Waals surface area contributed by atoms with Gasteiger partial charge in [-0.25, -0.2) is 0 Å². The van der Waals surface area contributed by atoms with E-state index in [0.717, 1.165) is 39.7 Å². The van der Waals surface area contributed by atoms with Gasteiger partial charge in [-0.05, 0) is 82.8 Å². The Hall–Kier alpha value is -1.67. The van der Waals surface area contributed by atoms with E-state index in [-0.39, 0.29) is 12.1 Å². The van der Waals surface area contributed by atoms with Gasteiger partial charge >= 0.3 is 0 Å². The van der Waals surface area contributed by atoms with Crippen molar-refractivity contribution in [2.24, 2.45) is 11.8 Å². The fraction of sp³-hybridized carbons (Fsp3) is 0.360. The molecule has 0 bridgehead atoms. The van der Waals surface area contributed by atoms with Gasteiger partial charge in [0.15, 0.2) is 5.11 Å². The van der Waals surface area contributed by atoms with Gasteiger partial charge in [0.05, 0.1) is 28.5 Å². The van der Waals surface area contributed by atoms with Gasteiger partial charge in [-0.2, -0.15) is 0 Å². The summed E-state index contributed by atoms with van der Waals surface area (Å²) in [7, 11) is 0. The second kappa shape index (κ2) is 9.53. The summed E-state index contributed by atoms with van der Waals surface area (Å²) >= 11 is 18.1. The lowest BCUT2D eigenvalue weighted by molar-refractivity contribution is 0.357. The molecule has 0 radical (unpaired) electrons. The predicted octanol–water partition coefficient (Wildman–Crippen LogP) is 7.22. The topological polar surface area (TPSA) is 31.4 Å². The molecular weight excluding hydrogens is 536 g/mol. The largest absolute Gasteiger partial charge is 0.370 e. The lowest BCUT2D eigenvalue weighted by Gasteiger charge is -2.37. The van der Waals surface area contributed by atoms with Crippen molar-refractivity contribution in [2.75, 3.05) is 22.9 Å². The molecular formula is C25H26BrClN4S2. The summed E-state index contributed by atoms with van der Waals surface area (Å²) in [4.78, 5) is 10.4. The molecule has 2 aliphatic rings. The minimum Gasteiger partial charge on any atom is -0.370 e. The van der Waals surface area contributed by atoms with E-state index in [4.69, 9.17) is 23.8 Å². The Morgan fingerprint density at radius 2 is 1.94 bits per heavy atom. The molecule has 8 heteroatoms. The average molecular weight is 562 g/mol. The van der Waals surface area contributed by atoms with E-state index in [2.05, 4.69) is 79.5 Å². The van der Waals surface area contributed by atoms with E-state index >= 15 is 0 Å². The van der Waals surface area contributed by atoms with Crippen LogP contribution in [0, 0.1) is 11.8 Å². The molecule has 1 N–H and O–H groups in total. The van der Waals surface area contributed by atoms with E-state index in [1.165, 1.54) is 11.3 Å². The molecule has 4 nitrogen and oxygen atoms in total. The van der Waals surface area contributed by atoms with Crippen LogP contribution >= 0.6 is 51.1 Å². The highest BCUT2D eigenvalue weighted by Crippen LogP contribution is 2.45. The Morgan fingerprint density at radius 1 is 1.15 bits per heavy atom. The summed E-state index contributed by atoms with van der Waals surface area (Å²) in [5, 5.41) is 7.08. The Bertz CT molecular complexity index is 1140. The fourth-order valence-corrected chi connectivity index (χ4v) is 7.38. The molecule has 4 heterocycles. The van der Waals surface area contributed by atoms with Gasteiger partial charge in [-0.1, -0.05) is 31.5 Å². The lowest BCUT2D eigenvalue weighted by Crippen LogP contribution is -2.38. The zero-order valence-electron chi connectivity index (χ0n) is 18.5. The van der Waals surface area contributed by atoms with Crippen LogP contribution in [0.3, 0.4) is 0 Å². The number of nitrogens with one attached hydrogen (secondary N) is 1. The zero-order chi connectivity index (χ0) is 23.1. The second-order valence-electron chi connectivity index (χ2n) is 9.15. The number of piperidine rings is 1. The van der Waals surface area contributed by atoms with Gasteiger partial charge < -0.3 is 15.1 Å². The minimum absolute atomic E-state index is 0.0133. The fourth-order valence-electron chi connectivity index (χ4n) is 5.17. The summed E-state index contributed by atoms with van der Waals surface area (Å²) in [5.41, 5.74) is 3.07. The molecule has 3 aromatic rings. The molecule has 0 unspecified atom stereocenters. The number of pyridine rings is 1. The van der Waals surface area contributed by atoms with Crippen molar-refractivity contribution in [1.82, 2.24) is 10.3 Å². The number of benzene rings is 1. The lowest BCUT2D eigenvalue weighted by atomic mass is 9.91. The van der Waals surface area contributed by atoms with Crippen molar-refractivity contribution >= 4 is 67.6 Å². The van der Waals surface area contributed by atoms with E-state index in [1.807, 2.05) is 24.4 Å². The first-order valence-corrected chi connectivity index (χ1v) is 13.7. The molecule has 0 amide bonds. The summed E-state index contributed by atoms with van der Waals surface area (Å²) < 4.78 is 1.07. The highest BCUT2D eigenvalue weighted by Gasteiger charge is 2.41. The maximum Gasteiger partial charge on any atom is 0.174 e. The smallest absolute Gasteiger partial charge is 0.174 e. The summed E-state index contributed by atoms with van der Waals surface area (Å²) in [6.07, 6.45) is 3.10. The quantitative estimate of drug-likeness (QED) is 0.340. The molecule has 2 aliphatic heterocycles. The van der Waals surface area contributed by atoms with Gasteiger partial charge in [-0.15, -0.1) is 11.3 Å². The first-order chi connectivity index (χ1) is 15.9. The molecule has 1 aromatic carbocycles. The van der Waals surface area contributed by atoms with Gasteiger partial charge in [0.1, 0.15) is 0 Å². The Morgan fingerprint density at radius 3 is 2.58 bits per heavy atom. The van der Waals surface area contributed by atoms with Crippen LogP contribution in [-0.2, 0) is 0 Å². The molecule has 5 rings (SSSR count). The van der Waals surface area contributed by atoms with Crippen molar-refractivity contribution in [3.05, 3.63) is 74.1 Å². The number of hydrogen-bond donors (Lipinski definition) is 1. The molecule has 2 saturated heterocycles. The monoisotopic (exact) mass is 560 g/mol. The van der Waals surface area contributed by atoms with E-state index in [0.29, 0.717) is 16.9 Å². The third-order valence-electron chi connectivity index (χ3n) is 6.40. The van der Waals surface area contributed by atoms with Crippen LogP contribution in [-0.4, -0.2) is 23.2 Å². The van der Waals surface area contributed by atoms with Crippen molar-refractivity contribution in [2.45, 2.75) is 32.4 Å². The van der Waals surface area contributed by atoms with Gasteiger partial charge in [0.25, 0.3) is 0 Å². The van der Waals surface area contributed by atoms with Crippen LogP contribution in [0.25, 0.3) is 0 Å². The van der Waals surface area contributed by atoms with Crippen molar-refractivity contribution in [3.63, 3.8) is 0 Å². The number of halogens is 2. The maximum absolute atomic E-state index is 6.89. The third-order valence-corrected chi connectivity index (χ3v) is 8.78. The van der Waals surface area contributed by atoms with Crippen molar-refractivity contribution in [3.8, 4) is 0 Å². The summed E-state index contributed by atoms with van der Waals surface area (Å²) in [6.45, 7) is 6.73. The number of aromatic nitrogens is 1. The summed E-state index contributed by atoms with van der Waals surface area (Å²) in [6, 6.07) is 14.5. The van der Waals surface area contributed by atoms with E-state index < -0.39 is 0 Å². The van der Waals surface area contributed by atoms with Crippen LogP contribution in [0.1, 0.15) is 42.9 Å². The molecule has 0 aliphatic carbocycles. The Kier molecular flexibility index (Phi) is 6.67. The minimum atomic E-state index is -0.0495. The summed E-state index contributed by atoms with van der Waals surface area (Å²) in [5.74, 6) is 1.33. The Balaban J connectivity index is 1.51. The molecule has 4 atom stereocenters. The van der Waals surface area contributed by atoms with Gasteiger partial charge in [0.2, 0.25) is 0 Å². The molecule has 2 aromatic heterocycles. The van der Waals surface area contributed by atoms with Gasteiger partial charge in [0, 0.05) is 39.7 Å². The number of hydrogen-bond acceptors (Lipinski definition) is 4. The normalized spacial score (nSPS) is 25.4. The number of nitrogens with zero attached hydrogens (tertiary/aromatic N) is 3. The SMILES string of the molecule is C[C@@H]1C[C@H](C)CN(c2ccc(N3C(=S)N[C@H](c4ccccn4)[C@@H]3c3cc(Br)cs3)cc2Cl)C1. The average Bonchev–Trinajstić information content (AvgIpc) is 3.36. The zero-order valence-corrected chi connectivity index (χ0v) is 22.5. The molecule has 33 heavy (non-hydrogen) atoms. The first-order valence-electron chi connectivity index (χ1n) is 11.2. The maximum atomic E-state index is 6.89. The van der Waals surface area contributed by atoms with Crippen molar-refractivity contribution < 1.29 is 0 Å². The van der Waals surface area contributed by atoms with Crippen LogP contribution in [0.2, 0.25) is 5.02 Å². The predicted molar refractivity (Wildman–Crippen MR) is 147 cm³/mol. The number of thiocarbonyl (C=S) groups is 1. The van der Waals surface area contributed by atoms with Crippen LogP contribution in [0.5, 0.6) is 0 Å². The number of rotatable bonds is 4. The van der Waals surface area contributed by atoms with E-state index in [1.54, 1.807) is 11.3 Å². The highest BCUT2D eigenvalue weighted by molar-refractivity contribution is 9.10. The molecule has 2 fully saturated rings. The van der Waals surface area contributed by atoms with Gasteiger partial charge in [-0.3, -0.25) is 4.98 Å². The molecule has 172 valence electrons. The highest BCUT2D eigenvalue weighted by atomic mass is 79.9. The molecule has 0 spiro atoms. The number of thiophene rings is 1. The van der Waals surface area contributed by atoms with Crippen molar-refractivity contribution in [1.29, 1.82) is 0 Å². The second-order valence-corrected chi connectivity index (χ2v) is 11.8.